The van der Waals surface area contributed by atoms with Crippen molar-refractivity contribution in [3.05, 3.63) is 28.2 Å². The average molecular weight is 300 g/mol. The molecule has 17 heavy (non-hydrogen) atoms. The summed E-state index contributed by atoms with van der Waals surface area (Å²) in [5.74, 6) is 0.286. The van der Waals surface area contributed by atoms with Gasteiger partial charge in [0.25, 0.3) is 0 Å². The molecule has 1 fully saturated rings. The largest absolute Gasteiger partial charge is 0.507 e. The molecule has 0 spiro atoms. The topological polar surface area (TPSA) is 38.7 Å². The van der Waals surface area contributed by atoms with Crippen molar-refractivity contribution in [3.8, 4) is 5.75 Å². The molecule has 0 aliphatic carbocycles. The molecule has 0 saturated carbocycles. The van der Waals surface area contributed by atoms with Gasteiger partial charge in [0.05, 0.1) is 4.47 Å². The second-order valence-electron chi connectivity index (χ2n) is 4.41. The van der Waals surface area contributed by atoms with E-state index in [2.05, 4.69) is 38.3 Å². The first-order valence-electron chi connectivity index (χ1n) is 5.79. The Balaban J connectivity index is 1.83. The summed E-state index contributed by atoms with van der Waals surface area (Å²) in [6, 6.07) is 5.59. The van der Waals surface area contributed by atoms with Gasteiger partial charge in [-0.25, -0.2) is 5.01 Å². The van der Waals surface area contributed by atoms with Gasteiger partial charge in [-0.3, -0.25) is 5.43 Å². The number of piperazine rings is 1. The summed E-state index contributed by atoms with van der Waals surface area (Å²) in [6.45, 7) is 5.10. The maximum absolute atomic E-state index is 9.41. The van der Waals surface area contributed by atoms with Gasteiger partial charge in [0.2, 0.25) is 0 Å². The number of halogens is 1. The van der Waals surface area contributed by atoms with E-state index in [1.807, 2.05) is 12.1 Å². The fourth-order valence-electron chi connectivity index (χ4n) is 1.83. The molecule has 0 amide bonds. The van der Waals surface area contributed by atoms with E-state index in [9.17, 15) is 5.11 Å². The standard InChI is InChI=1S/C12H18BrN3O/c1-15-4-6-16(7-5-15)14-9-10-2-3-12(17)11(13)8-10/h2-3,8,14,17H,4-7,9H2,1H3. The lowest BCUT2D eigenvalue weighted by Gasteiger charge is -2.32. The van der Waals surface area contributed by atoms with Gasteiger partial charge < -0.3 is 10.0 Å². The number of phenols is 1. The molecule has 0 bridgehead atoms. The number of hydrazine groups is 1. The number of nitrogens with zero attached hydrogens (tertiary/aromatic N) is 2. The van der Waals surface area contributed by atoms with Crippen LogP contribution in [0.5, 0.6) is 5.75 Å². The lowest BCUT2D eigenvalue weighted by atomic mass is 10.2. The summed E-state index contributed by atoms with van der Waals surface area (Å²) in [6.07, 6.45) is 0. The van der Waals surface area contributed by atoms with E-state index in [4.69, 9.17) is 0 Å². The predicted octanol–water partition coefficient (Wildman–Crippen LogP) is 1.41. The van der Waals surface area contributed by atoms with Gasteiger partial charge in [-0.1, -0.05) is 6.07 Å². The third-order valence-electron chi connectivity index (χ3n) is 3.02. The average Bonchev–Trinajstić information content (AvgIpc) is 2.33. The van der Waals surface area contributed by atoms with Gasteiger partial charge in [-0.2, -0.15) is 0 Å². The number of likely N-dealkylation sites (N-methyl/N-ethyl adjacent to an activating group) is 1. The first kappa shape index (κ1) is 12.8. The van der Waals surface area contributed by atoms with Gasteiger partial charge in [-0.15, -0.1) is 0 Å². The van der Waals surface area contributed by atoms with Gasteiger partial charge in [-0.05, 0) is 40.7 Å². The summed E-state index contributed by atoms with van der Waals surface area (Å²) in [7, 11) is 2.15. The highest BCUT2D eigenvalue weighted by Crippen LogP contribution is 2.24. The van der Waals surface area contributed by atoms with Gasteiger partial charge in [0.15, 0.2) is 0 Å². The number of aromatic hydroxyl groups is 1. The van der Waals surface area contributed by atoms with Crippen LogP contribution in [0.25, 0.3) is 0 Å². The third kappa shape index (κ3) is 3.67. The van der Waals surface area contributed by atoms with Gasteiger partial charge in [0.1, 0.15) is 5.75 Å². The molecule has 1 saturated heterocycles. The zero-order valence-corrected chi connectivity index (χ0v) is 11.6. The van der Waals surface area contributed by atoms with Crippen molar-refractivity contribution in [2.24, 2.45) is 0 Å². The zero-order chi connectivity index (χ0) is 12.3. The molecule has 1 aliphatic heterocycles. The van der Waals surface area contributed by atoms with Crippen molar-refractivity contribution in [1.82, 2.24) is 15.3 Å². The quantitative estimate of drug-likeness (QED) is 0.885. The monoisotopic (exact) mass is 299 g/mol. The van der Waals surface area contributed by atoms with E-state index < -0.39 is 0 Å². The number of phenolic OH excluding ortho intramolecular Hbond substituents is 1. The molecule has 94 valence electrons. The van der Waals surface area contributed by atoms with Crippen molar-refractivity contribution < 1.29 is 5.11 Å². The minimum absolute atomic E-state index is 0.286. The Labute approximate surface area is 110 Å². The van der Waals surface area contributed by atoms with Crippen molar-refractivity contribution in [2.45, 2.75) is 6.54 Å². The van der Waals surface area contributed by atoms with Crippen LogP contribution in [0, 0.1) is 0 Å². The molecule has 5 heteroatoms. The summed E-state index contributed by atoms with van der Waals surface area (Å²) in [4.78, 5) is 2.33. The maximum atomic E-state index is 9.41. The Morgan fingerprint density at radius 3 is 2.65 bits per heavy atom. The van der Waals surface area contributed by atoms with Crippen LogP contribution in [0.4, 0.5) is 0 Å². The Bertz CT molecular complexity index is 378. The van der Waals surface area contributed by atoms with Crippen LogP contribution in [-0.2, 0) is 6.54 Å². The Kier molecular flexibility index (Phi) is 4.39. The Hall–Kier alpha value is -0.620. The molecule has 0 atom stereocenters. The lowest BCUT2D eigenvalue weighted by Crippen LogP contribution is -2.50. The van der Waals surface area contributed by atoms with Gasteiger partial charge >= 0.3 is 0 Å². The minimum atomic E-state index is 0.286. The fraction of sp³-hybridized carbons (Fsp3) is 0.500. The molecule has 2 rings (SSSR count). The Morgan fingerprint density at radius 2 is 2.00 bits per heavy atom. The third-order valence-corrected chi connectivity index (χ3v) is 3.66. The second kappa shape index (κ2) is 5.82. The number of nitrogens with one attached hydrogen (secondary N) is 1. The van der Waals surface area contributed by atoms with E-state index in [0.717, 1.165) is 42.8 Å². The van der Waals surface area contributed by atoms with E-state index in [0.29, 0.717) is 0 Å². The Morgan fingerprint density at radius 1 is 1.29 bits per heavy atom. The van der Waals surface area contributed by atoms with Crippen LogP contribution >= 0.6 is 15.9 Å². The minimum Gasteiger partial charge on any atom is -0.507 e. The smallest absolute Gasteiger partial charge is 0.129 e. The molecule has 1 heterocycles. The van der Waals surface area contributed by atoms with E-state index in [-0.39, 0.29) is 5.75 Å². The first-order chi connectivity index (χ1) is 8.15. The van der Waals surface area contributed by atoms with Crippen LogP contribution in [0.1, 0.15) is 5.56 Å². The molecular weight excluding hydrogens is 282 g/mol. The van der Waals surface area contributed by atoms with E-state index in [1.54, 1.807) is 6.07 Å². The summed E-state index contributed by atoms with van der Waals surface area (Å²) in [5, 5.41) is 11.7. The molecule has 0 unspecified atom stereocenters. The molecule has 0 radical (unpaired) electrons. The summed E-state index contributed by atoms with van der Waals surface area (Å²) in [5.41, 5.74) is 4.57. The van der Waals surface area contributed by atoms with Crippen LogP contribution in [0.3, 0.4) is 0 Å². The van der Waals surface area contributed by atoms with E-state index in [1.165, 1.54) is 0 Å². The molecule has 1 aliphatic rings. The summed E-state index contributed by atoms with van der Waals surface area (Å²) >= 11 is 3.32. The molecular formula is C12H18BrN3O. The second-order valence-corrected chi connectivity index (χ2v) is 5.27. The molecule has 1 aromatic carbocycles. The van der Waals surface area contributed by atoms with Crippen molar-refractivity contribution in [2.75, 3.05) is 33.2 Å². The molecule has 1 aromatic rings. The van der Waals surface area contributed by atoms with Gasteiger partial charge in [0, 0.05) is 32.7 Å². The number of benzene rings is 1. The molecule has 4 nitrogen and oxygen atoms in total. The summed E-state index contributed by atoms with van der Waals surface area (Å²) < 4.78 is 0.746. The molecule has 2 N–H and O–H groups in total. The van der Waals surface area contributed by atoms with Crippen molar-refractivity contribution >= 4 is 15.9 Å². The number of hydrogen-bond donors (Lipinski definition) is 2. The zero-order valence-electron chi connectivity index (χ0n) is 9.99. The SMILES string of the molecule is CN1CCN(NCc2ccc(O)c(Br)c2)CC1. The predicted molar refractivity (Wildman–Crippen MR) is 71.7 cm³/mol. The highest BCUT2D eigenvalue weighted by molar-refractivity contribution is 9.10. The van der Waals surface area contributed by atoms with E-state index >= 15 is 0 Å². The number of rotatable bonds is 3. The number of hydrogen-bond acceptors (Lipinski definition) is 4. The van der Waals surface area contributed by atoms with Crippen LogP contribution in [-0.4, -0.2) is 48.2 Å². The maximum Gasteiger partial charge on any atom is 0.129 e. The van der Waals surface area contributed by atoms with Crippen molar-refractivity contribution in [1.29, 1.82) is 0 Å². The molecule has 0 aromatic heterocycles. The normalized spacial score (nSPS) is 18.5. The van der Waals surface area contributed by atoms with Crippen molar-refractivity contribution in [3.63, 3.8) is 0 Å². The fourth-order valence-corrected chi connectivity index (χ4v) is 2.25. The highest BCUT2D eigenvalue weighted by atomic mass is 79.9. The van der Waals surface area contributed by atoms with Crippen LogP contribution in [0.2, 0.25) is 0 Å². The first-order valence-corrected chi connectivity index (χ1v) is 6.59. The van der Waals surface area contributed by atoms with Crippen LogP contribution in [0.15, 0.2) is 22.7 Å². The highest BCUT2D eigenvalue weighted by Gasteiger charge is 2.12. The lowest BCUT2D eigenvalue weighted by molar-refractivity contribution is 0.102. The van der Waals surface area contributed by atoms with Crippen LogP contribution < -0.4 is 5.43 Å².